The van der Waals surface area contributed by atoms with E-state index in [1.54, 1.807) is 24.5 Å². The minimum atomic E-state index is -0.606. The van der Waals surface area contributed by atoms with Crippen molar-refractivity contribution >= 4 is 46.0 Å². The van der Waals surface area contributed by atoms with Crippen molar-refractivity contribution in [2.24, 2.45) is 4.99 Å². The Bertz CT molecular complexity index is 1380. The number of benzene rings is 1. The summed E-state index contributed by atoms with van der Waals surface area (Å²) in [6.45, 7) is 8.05. The number of carbonyl (C=O) groups is 1. The van der Waals surface area contributed by atoms with Crippen LogP contribution < -0.4 is 14.9 Å². The summed E-state index contributed by atoms with van der Waals surface area (Å²) in [4.78, 5) is 31.5. The summed E-state index contributed by atoms with van der Waals surface area (Å²) >= 11 is 3.37. The van der Waals surface area contributed by atoms with Crippen LogP contribution in [-0.2, 0) is 9.53 Å². The predicted octanol–water partition coefficient (Wildman–Crippen LogP) is 4.12. The van der Waals surface area contributed by atoms with Gasteiger partial charge in [0.1, 0.15) is 5.76 Å². The fraction of sp³-hybridized carbons (Fsp3) is 0.292. The van der Waals surface area contributed by atoms with Gasteiger partial charge in [-0.05, 0) is 65.6 Å². The first-order valence-corrected chi connectivity index (χ1v) is 12.2. The third-order valence-electron chi connectivity index (χ3n) is 5.30. The Kier molecular flexibility index (Phi) is 6.52. The van der Waals surface area contributed by atoms with Gasteiger partial charge < -0.3 is 9.15 Å². The van der Waals surface area contributed by atoms with Gasteiger partial charge in [0.2, 0.25) is 0 Å². The molecule has 1 aliphatic heterocycles. The second-order valence-corrected chi connectivity index (χ2v) is 9.84. The van der Waals surface area contributed by atoms with Crippen molar-refractivity contribution in [3.05, 3.63) is 88.0 Å². The Hall–Kier alpha value is -2.46. The molecule has 1 aliphatic rings. The van der Waals surface area contributed by atoms with Crippen molar-refractivity contribution in [3.8, 4) is 0 Å². The molecule has 2 aromatic heterocycles. The summed E-state index contributed by atoms with van der Waals surface area (Å²) in [7, 11) is 0. The molecule has 0 fully saturated rings. The second-order valence-electron chi connectivity index (χ2n) is 7.77. The SMILES string of the molecule is CCOC(=O)C1=C(C)N=c2s/c(=C/c3ccc(I)o3)c(=O)n2C1c1ccc(C(C)C)cc1. The van der Waals surface area contributed by atoms with Crippen molar-refractivity contribution in [1.82, 2.24) is 4.57 Å². The lowest BCUT2D eigenvalue weighted by Gasteiger charge is -2.25. The standard InChI is InChI=1S/C24H23IN2O4S/c1-5-30-23(29)20-14(4)26-24-27(21(20)16-8-6-15(7-9-16)13(2)3)22(28)18(32-24)12-17-10-11-19(25)31-17/h6-13,21H,5H2,1-4H3/b18-12+. The molecule has 1 atom stereocenters. The van der Waals surface area contributed by atoms with Crippen LogP contribution in [0.2, 0.25) is 0 Å². The molecule has 0 spiro atoms. The lowest BCUT2D eigenvalue weighted by atomic mass is 9.93. The minimum Gasteiger partial charge on any atom is -0.463 e. The van der Waals surface area contributed by atoms with E-state index >= 15 is 0 Å². The number of furan rings is 1. The molecule has 3 heterocycles. The molecular formula is C24H23IN2O4S. The van der Waals surface area contributed by atoms with E-state index in [2.05, 4.69) is 41.4 Å². The second kappa shape index (κ2) is 9.19. The van der Waals surface area contributed by atoms with Gasteiger partial charge in [0.15, 0.2) is 8.57 Å². The Morgan fingerprint density at radius 3 is 2.59 bits per heavy atom. The van der Waals surface area contributed by atoms with Crippen LogP contribution in [0.5, 0.6) is 0 Å². The number of nitrogens with zero attached hydrogens (tertiary/aromatic N) is 2. The van der Waals surface area contributed by atoms with Crippen LogP contribution in [0.3, 0.4) is 0 Å². The van der Waals surface area contributed by atoms with Gasteiger partial charge in [0.25, 0.3) is 5.56 Å². The van der Waals surface area contributed by atoms with E-state index in [4.69, 9.17) is 9.15 Å². The first-order chi connectivity index (χ1) is 15.3. The summed E-state index contributed by atoms with van der Waals surface area (Å²) in [5.74, 6) is 0.518. The highest BCUT2D eigenvalue weighted by atomic mass is 127. The third-order valence-corrected chi connectivity index (χ3v) is 6.87. The van der Waals surface area contributed by atoms with Gasteiger partial charge in [0.05, 0.1) is 28.5 Å². The number of ether oxygens (including phenoxy) is 1. The molecule has 166 valence electrons. The van der Waals surface area contributed by atoms with E-state index in [-0.39, 0.29) is 12.2 Å². The quantitative estimate of drug-likeness (QED) is 0.347. The Morgan fingerprint density at radius 2 is 2.00 bits per heavy atom. The number of thiazole rings is 1. The average molecular weight is 562 g/mol. The molecule has 0 aliphatic carbocycles. The number of allylic oxidation sites excluding steroid dienone is 1. The third kappa shape index (κ3) is 4.25. The number of carbonyl (C=O) groups excluding carboxylic acids is 1. The fourth-order valence-corrected chi connectivity index (χ4v) is 5.17. The molecule has 32 heavy (non-hydrogen) atoms. The van der Waals surface area contributed by atoms with Crippen molar-refractivity contribution in [3.63, 3.8) is 0 Å². The number of hydrogen-bond acceptors (Lipinski definition) is 6. The van der Waals surface area contributed by atoms with Crippen LogP contribution in [0.25, 0.3) is 6.08 Å². The smallest absolute Gasteiger partial charge is 0.338 e. The zero-order valence-corrected chi connectivity index (χ0v) is 21.2. The van der Waals surface area contributed by atoms with Crippen LogP contribution in [0.4, 0.5) is 0 Å². The molecule has 0 saturated carbocycles. The van der Waals surface area contributed by atoms with Crippen molar-refractivity contribution in [1.29, 1.82) is 0 Å². The number of aromatic nitrogens is 1. The molecular weight excluding hydrogens is 539 g/mol. The number of fused-ring (bicyclic) bond motifs is 1. The van der Waals surface area contributed by atoms with Crippen molar-refractivity contribution < 1.29 is 13.9 Å². The highest BCUT2D eigenvalue weighted by Crippen LogP contribution is 2.31. The molecule has 0 amide bonds. The molecule has 6 nitrogen and oxygen atoms in total. The molecule has 0 N–H and O–H groups in total. The largest absolute Gasteiger partial charge is 0.463 e. The predicted molar refractivity (Wildman–Crippen MR) is 132 cm³/mol. The van der Waals surface area contributed by atoms with Gasteiger partial charge in [-0.1, -0.05) is 49.4 Å². The summed E-state index contributed by atoms with van der Waals surface area (Å²) < 4.78 is 13.8. The topological polar surface area (TPSA) is 73.8 Å². The molecule has 3 aromatic rings. The summed E-state index contributed by atoms with van der Waals surface area (Å²) in [5.41, 5.74) is 2.75. The van der Waals surface area contributed by atoms with Crippen LogP contribution >= 0.6 is 33.9 Å². The van der Waals surface area contributed by atoms with Crippen molar-refractivity contribution in [2.75, 3.05) is 6.61 Å². The number of rotatable bonds is 5. The van der Waals surface area contributed by atoms with Gasteiger partial charge in [-0.25, -0.2) is 9.79 Å². The van der Waals surface area contributed by atoms with Gasteiger partial charge in [-0.2, -0.15) is 0 Å². The normalized spacial score (nSPS) is 16.3. The van der Waals surface area contributed by atoms with Crippen LogP contribution in [0.1, 0.15) is 56.5 Å². The van der Waals surface area contributed by atoms with Crippen LogP contribution in [0, 0.1) is 3.77 Å². The first kappa shape index (κ1) is 22.7. The fourth-order valence-electron chi connectivity index (χ4n) is 3.71. The van der Waals surface area contributed by atoms with E-state index in [1.165, 1.54) is 16.9 Å². The molecule has 1 aromatic carbocycles. The van der Waals surface area contributed by atoms with Gasteiger partial charge >= 0.3 is 5.97 Å². The van der Waals surface area contributed by atoms with E-state index in [9.17, 15) is 9.59 Å². The lowest BCUT2D eigenvalue weighted by Crippen LogP contribution is -2.39. The zero-order chi connectivity index (χ0) is 23.0. The Labute approximate surface area is 203 Å². The highest BCUT2D eigenvalue weighted by Gasteiger charge is 2.33. The molecule has 1 unspecified atom stereocenters. The summed E-state index contributed by atoms with van der Waals surface area (Å²) in [6, 6.07) is 11.1. The minimum absolute atomic E-state index is 0.215. The maximum atomic E-state index is 13.5. The highest BCUT2D eigenvalue weighted by molar-refractivity contribution is 14.1. The van der Waals surface area contributed by atoms with E-state index < -0.39 is 12.0 Å². The van der Waals surface area contributed by atoms with Crippen LogP contribution in [-0.4, -0.2) is 17.1 Å². The Balaban J connectivity index is 1.93. The van der Waals surface area contributed by atoms with Gasteiger partial charge in [0, 0.05) is 6.08 Å². The molecule has 0 saturated heterocycles. The number of esters is 1. The number of hydrogen-bond donors (Lipinski definition) is 0. The summed E-state index contributed by atoms with van der Waals surface area (Å²) in [6.07, 6.45) is 1.72. The van der Waals surface area contributed by atoms with Gasteiger partial charge in [-0.15, -0.1) is 0 Å². The Morgan fingerprint density at radius 1 is 1.28 bits per heavy atom. The average Bonchev–Trinajstić information content (AvgIpc) is 3.30. The number of halogens is 1. The van der Waals surface area contributed by atoms with E-state index in [0.717, 1.165) is 9.33 Å². The van der Waals surface area contributed by atoms with Crippen molar-refractivity contribution in [2.45, 2.75) is 39.7 Å². The monoisotopic (exact) mass is 562 g/mol. The maximum absolute atomic E-state index is 13.5. The summed E-state index contributed by atoms with van der Waals surface area (Å²) in [5, 5.41) is 0. The van der Waals surface area contributed by atoms with E-state index in [0.29, 0.717) is 32.3 Å². The molecule has 0 radical (unpaired) electrons. The maximum Gasteiger partial charge on any atom is 0.338 e. The molecule has 4 rings (SSSR count). The molecule has 8 heteroatoms. The first-order valence-electron chi connectivity index (χ1n) is 10.3. The lowest BCUT2D eigenvalue weighted by molar-refractivity contribution is -0.139. The van der Waals surface area contributed by atoms with Gasteiger partial charge in [-0.3, -0.25) is 9.36 Å². The molecule has 0 bridgehead atoms. The van der Waals surface area contributed by atoms with E-state index in [1.807, 2.05) is 36.4 Å². The van der Waals surface area contributed by atoms with Crippen LogP contribution in [0.15, 0.2) is 61.9 Å². The zero-order valence-electron chi connectivity index (χ0n) is 18.2.